The molecule has 1 heterocycles. The van der Waals surface area contributed by atoms with Gasteiger partial charge in [-0.1, -0.05) is 19.3 Å². The maximum atomic E-state index is 11.2. The van der Waals surface area contributed by atoms with Gasteiger partial charge in [0.25, 0.3) is 0 Å². The highest BCUT2D eigenvalue weighted by Gasteiger charge is 2.32. The number of likely N-dealkylation sites (tertiary alicyclic amines) is 1. The van der Waals surface area contributed by atoms with E-state index in [2.05, 4.69) is 11.4 Å². The number of hydrogen-bond donors (Lipinski definition) is 2. The summed E-state index contributed by atoms with van der Waals surface area (Å²) in [5, 5.41) is 21.6. The molecule has 0 bridgehead atoms. The first kappa shape index (κ1) is 14.3. The molecule has 0 aromatic rings. The van der Waals surface area contributed by atoms with Gasteiger partial charge in [0.15, 0.2) is 0 Å². The molecule has 2 aliphatic rings. The summed E-state index contributed by atoms with van der Waals surface area (Å²) in [6, 6.07) is 2.88. The van der Waals surface area contributed by atoms with Crippen LogP contribution in [0.25, 0.3) is 0 Å². The number of carboxylic acids is 1. The van der Waals surface area contributed by atoms with Crippen LogP contribution in [0.5, 0.6) is 0 Å². The fraction of sp³-hybridized carbons (Fsp3) is 0.857. The molecule has 0 amide bonds. The first-order valence-electron chi connectivity index (χ1n) is 7.27. The van der Waals surface area contributed by atoms with Crippen LogP contribution < -0.4 is 5.32 Å². The molecule has 19 heavy (non-hydrogen) atoms. The largest absolute Gasteiger partial charge is 0.481 e. The van der Waals surface area contributed by atoms with Crippen molar-refractivity contribution < 1.29 is 9.90 Å². The Kier molecular flexibility index (Phi) is 5.17. The van der Waals surface area contributed by atoms with Gasteiger partial charge in [0.1, 0.15) is 0 Å². The third-order valence-corrected chi connectivity index (χ3v) is 4.25. The molecule has 1 saturated heterocycles. The van der Waals surface area contributed by atoms with Gasteiger partial charge < -0.3 is 10.4 Å². The Balaban J connectivity index is 1.90. The predicted octanol–water partition coefficient (Wildman–Crippen LogP) is 1.21. The zero-order valence-corrected chi connectivity index (χ0v) is 11.3. The molecule has 0 radical (unpaired) electrons. The minimum Gasteiger partial charge on any atom is -0.481 e. The molecule has 0 aromatic carbocycles. The molecular formula is C14H23N3O2. The molecule has 106 valence electrons. The Morgan fingerprint density at radius 2 is 2.00 bits per heavy atom. The Labute approximate surface area is 114 Å². The first-order valence-corrected chi connectivity index (χ1v) is 7.27. The number of nitrogens with zero attached hydrogens (tertiary/aromatic N) is 2. The standard InChI is InChI=1S/C14H23N3O2/c15-6-7-17-9-11(14(18)19)8-13(10-17)16-12-4-2-1-3-5-12/h11-13,16H,1-5,7-10H2,(H,18,19). The monoisotopic (exact) mass is 265 g/mol. The lowest BCUT2D eigenvalue weighted by atomic mass is 9.90. The minimum absolute atomic E-state index is 0.214. The smallest absolute Gasteiger partial charge is 0.307 e. The van der Waals surface area contributed by atoms with Gasteiger partial charge in [-0.15, -0.1) is 0 Å². The highest BCUT2D eigenvalue weighted by atomic mass is 16.4. The molecule has 5 heteroatoms. The van der Waals surface area contributed by atoms with E-state index < -0.39 is 5.97 Å². The van der Waals surface area contributed by atoms with Crippen LogP contribution in [0, 0.1) is 17.2 Å². The van der Waals surface area contributed by atoms with Gasteiger partial charge in [-0.05, 0) is 19.3 Å². The predicted molar refractivity (Wildman–Crippen MR) is 71.6 cm³/mol. The van der Waals surface area contributed by atoms with Crippen molar-refractivity contribution in [3.63, 3.8) is 0 Å². The summed E-state index contributed by atoms with van der Waals surface area (Å²) < 4.78 is 0. The van der Waals surface area contributed by atoms with Gasteiger partial charge in [0.05, 0.1) is 18.5 Å². The van der Waals surface area contributed by atoms with Gasteiger partial charge in [0, 0.05) is 25.2 Å². The molecule has 2 atom stereocenters. The van der Waals surface area contributed by atoms with E-state index in [-0.39, 0.29) is 12.0 Å². The molecule has 2 N–H and O–H groups in total. The maximum Gasteiger partial charge on any atom is 0.307 e. The molecule has 2 rings (SSSR count). The lowest BCUT2D eigenvalue weighted by Gasteiger charge is -2.38. The van der Waals surface area contributed by atoms with Crippen molar-refractivity contribution in [3.05, 3.63) is 0 Å². The summed E-state index contributed by atoms with van der Waals surface area (Å²) in [7, 11) is 0. The van der Waals surface area contributed by atoms with E-state index in [4.69, 9.17) is 5.26 Å². The summed E-state index contributed by atoms with van der Waals surface area (Å²) in [4.78, 5) is 13.2. The number of piperidine rings is 1. The number of aliphatic carboxylic acids is 1. The summed E-state index contributed by atoms with van der Waals surface area (Å²) in [5.41, 5.74) is 0. The Hall–Kier alpha value is -1.12. The topological polar surface area (TPSA) is 76.4 Å². The van der Waals surface area contributed by atoms with E-state index in [1.54, 1.807) is 0 Å². The number of hydrogen-bond acceptors (Lipinski definition) is 4. The lowest BCUT2D eigenvalue weighted by Crippen LogP contribution is -2.53. The van der Waals surface area contributed by atoms with E-state index in [0.717, 1.165) is 6.54 Å². The van der Waals surface area contributed by atoms with Crippen molar-refractivity contribution in [2.24, 2.45) is 5.92 Å². The van der Waals surface area contributed by atoms with Crippen molar-refractivity contribution in [3.8, 4) is 6.07 Å². The summed E-state index contributed by atoms with van der Waals surface area (Å²) in [6.07, 6.45) is 6.96. The third kappa shape index (κ3) is 4.19. The van der Waals surface area contributed by atoms with Crippen LogP contribution in [0.2, 0.25) is 0 Å². The number of nitriles is 1. The number of nitrogens with one attached hydrogen (secondary N) is 1. The second-order valence-corrected chi connectivity index (χ2v) is 5.82. The van der Waals surface area contributed by atoms with Crippen molar-refractivity contribution >= 4 is 5.97 Å². The Morgan fingerprint density at radius 3 is 2.63 bits per heavy atom. The fourth-order valence-electron chi connectivity index (χ4n) is 3.32. The van der Waals surface area contributed by atoms with Crippen LogP contribution in [0.4, 0.5) is 0 Å². The molecule has 2 unspecified atom stereocenters. The van der Waals surface area contributed by atoms with E-state index in [1.165, 1.54) is 32.1 Å². The normalized spacial score (nSPS) is 29.8. The molecule has 1 aliphatic carbocycles. The van der Waals surface area contributed by atoms with E-state index in [0.29, 0.717) is 25.6 Å². The average Bonchev–Trinajstić information content (AvgIpc) is 2.40. The molecule has 0 aromatic heterocycles. The zero-order valence-electron chi connectivity index (χ0n) is 11.3. The van der Waals surface area contributed by atoms with E-state index in [9.17, 15) is 9.90 Å². The molecule has 1 saturated carbocycles. The highest BCUT2D eigenvalue weighted by Crippen LogP contribution is 2.22. The number of carboxylic acid groups (broad SMARTS) is 1. The second kappa shape index (κ2) is 6.88. The van der Waals surface area contributed by atoms with Crippen molar-refractivity contribution in [1.82, 2.24) is 10.2 Å². The van der Waals surface area contributed by atoms with Gasteiger partial charge in [0.2, 0.25) is 0 Å². The molecule has 5 nitrogen and oxygen atoms in total. The van der Waals surface area contributed by atoms with Gasteiger partial charge in [-0.3, -0.25) is 9.69 Å². The van der Waals surface area contributed by atoms with Crippen molar-refractivity contribution in [2.45, 2.75) is 50.6 Å². The van der Waals surface area contributed by atoms with E-state index in [1.807, 2.05) is 4.90 Å². The van der Waals surface area contributed by atoms with Crippen LogP contribution in [-0.2, 0) is 4.79 Å². The van der Waals surface area contributed by atoms with Gasteiger partial charge in [-0.25, -0.2) is 0 Å². The summed E-state index contributed by atoms with van der Waals surface area (Å²) in [6.45, 7) is 1.63. The van der Waals surface area contributed by atoms with Crippen molar-refractivity contribution in [2.75, 3.05) is 19.6 Å². The SMILES string of the molecule is N#CCN1CC(NC2CCCCC2)CC(C(=O)O)C1. The highest BCUT2D eigenvalue weighted by molar-refractivity contribution is 5.70. The van der Waals surface area contributed by atoms with Crippen LogP contribution in [0.15, 0.2) is 0 Å². The zero-order chi connectivity index (χ0) is 13.7. The minimum atomic E-state index is -0.738. The van der Waals surface area contributed by atoms with Crippen LogP contribution >= 0.6 is 0 Å². The molecule has 2 fully saturated rings. The second-order valence-electron chi connectivity index (χ2n) is 5.82. The lowest BCUT2D eigenvalue weighted by molar-refractivity contribution is -0.144. The van der Waals surface area contributed by atoms with E-state index >= 15 is 0 Å². The number of rotatable bonds is 4. The Bertz CT molecular complexity index is 347. The fourth-order valence-corrected chi connectivity index (χ4v) is 3.32. The molecule has 0 spiro atoms. The van der Waals surface area contributed by atoms with Gasteiger partial charge >= 0.3 is 5.97 Å². The van der Waals surface area contributed by atoms with Crippen molar-refractivity contribution in [1.29, 1.82) is 5.26 Å². The van der Waals surface area contributed by atoms with Crippen LogP contribution in [-0.4, -0.2) is 47.7 Å². The Morgan fingerprint density at radius 1 is 1.26 bits per heavy atom. The third-order valence-electron chi connectivity index (χ3n) is 4.25. The van der Waals surface area contributed by atoms with Crippen LogP contribution in [0.1, 0.15) is 38.5 Å². The van der Waals surface area contributed by atoms with Gasteiger partial charge in [-0.2, -0.15) is 5.26 Å². The molecule has 1 aliphatic heterocycles. The summed E-state index contributed by atoms with van der Waals surface area (Å²) >= 11 is 0. The first-order chi connectivity index (χ1) is 9.19. The summed E-state index contributed by atoms with van der Waals surface area (Å²) in [5.74, 6) is -1.08. The average molecular weight is 265 g/mol. The number of carbonyl (C=O) groups is 1. The van der Waals surface area contributed by atoms with Crippen LogP contribution in [0.3, 0.4) is 0 Å². The quantitative estimate of drug-likeness (QED) is 0.747. The maximum absolute atomic E-state index is 11.2. The molecular weight excluding hydrogens is 242 g/mol.